The standard InChI is InChI=1S/C25H21ClN2O3/c1-2-16-8-14-19(15-9-16)27-24(29)21-22(17-10-12-18(26)13-11-17)28(31-23(21)25(27)30)20-6-4-3-5-7-20/h3-15,21-23H,2H2,1H3/t21-,22+,23-/m0/s1. The zero-order valence-electron chi connectivity index (χ0n) is 16.9. The van der Waals surface area contributed by atoms with Gasteiger partial charge in [-0.2, -0.15) is 0 Å². The van der Waals surface area contributed by atoms with Crippen molar-refractivity contribution in [1.82, 2.24) is 0 Å². The molecule has 6 heteroatoms. The average molecular weight is 433 g/mol. The molecule has 2 saturated heterocycles. The Morgan fingerprint density at radius 1 is 0.839 bits per heavy atom. The Morgan fingerprint density at radius 3 is 2.16 bits per heavy atom. The van der Waals surface area contributed by atoms with Gasteiger partial charge in [-0.05, 0) is 53.9 Å². The van der Waals surface area contributed by atoms with E-state index in [9.17, 15) is 9.59 Å². The van der Waals surface area contributed by atoms with Gasteiger partial charge in [-0.25, -0.2) is 9.96 Å². The number of carbonyl (C=O) groups excluding carboxylic acids is 2. The molecule has 5 rings (SSSR count). The highest BCUT2D eigenvalue weighted by molar-refractivity contribution is 6.30. The summed E-state index contributed by atoms with van der Waals surface area (Å²) in [6, 6.07) is 23.9. The average Bonchev–Trinajstić information content (AvgIpc) is 3.31. The van der Waals surface area contributed by atoms with Crippen molar-refractivity contribution in [2.45, 2.75) is 25.5 Å². The molecule has 3 aromatic rings. The van der Waals surface area contributed by atoms with Crippen molar-refractivity contribution in [3.8, 4) is 0 Å². The third kappa shape index (κ3) is 3.30. The van der Waals surface area contributed by atoms with Crippen molar-refractivity contribution in [3.63, 3.8) is 0 Å². The maximum absolute atomic E-state index is 13.6. The smallest absolute Gasteiger partial charge is 0.266 e. The normalized spacial score (nSPS) is 22.8. The number of hydrogen-bond acceptors (Lipinski definition) is 4. The van der Waals surface area contributed by atoms with Crippen molar-refractivity contribution in [2.75, 3.05) is 9.96 Å². The third-order valence-electron chi connectivity index (χ3n) is 5.94. The number of rotatable bonds is 4. The first-order valence-electron chi connectivity index (χ1n) is 10.3. The van der Waals surface area contributed by atoms with E-state index in [0.717, 1.165) is 23.2 Å². The Bertz CT molecular complexity index is 1120. The second-order valence-corrected chi connectivity index (χ2v) is 8.18. The molecule has 0 spiro atoms. The quantitative estimate of drug-likeness (QED) is 0.547. The zero-order valence-corrected chi connectivity index (χ0v) is 17.7. The molecule has 156 valence electrons. The van der Waals surface area contributed by atoms with Crippen molar-refractivity contribution in [2.24, 2.45) is 5.92 Å². The van der Waals surface area contributed by atoms with Crippen LogP contribution in [0.5, 0.6) is 0 Å². The number of nitrogens with zero attached hydrogens (tertiary/aromatic N) is 2. The van der Waals surface area contributed by atoms with Crippen LogP contribution in [0.25, 0.3) is 0 Å². The number of para-hydroxylation sites is 1. The van der Waals surface area contributed by atoms with Crippen LogP contribution in [0, 0.1) is 5.92 Å². The van der Waals surface area contributed by atoms with Crippen LogP contribution in [-0.4, -0.2) is 17.9 Å². The van der Waals surface area contributed by atoms with E-state index in [1.54, 1.807) is 17.2 Å². The summed E-state index contributed by atoms with van der Waals surface area (Å²) in [6.07, 6.45) is 0.0144. The molecule has 0 bridgehead atoms. The third-order valence-corrected chi connectivity index (χ3v) is 6.19. The number of benzene rings is 3. The molecule has 2 aliphatic rings. The maximum Gasteiger partial charge on any atom is 0.266 e. The van der Waals surface area contributed by atoms with Crippen LogP contribution in [0.4, 0.5) is 11.4 Å². The zero-order chi connectivity index (χ0) is 21.5. The van der Waals surface area contributed by atoms with Crippen LogP contribution < -0.4 is 9.96 Å². The molecule has 0 saturated carbocycles. The maximum atomic E-state index is 13.6. The van der Waals surface area contributed by atoms with Crippen molar-refractivity contribution >= 4 is 34.8 Å². The molecule has 2 heterocycles. The monoisotopic (exact) mass is 432 g/mol. The molecule has 31 heavy (non-hydrogen) atoms. The first kappa shape index (κ1) is 19.8. The number of imide groups is 1. The fraction of sp³-hybridized carbons (Fsp3) is 0.200. The Kier molecular flexibility index (Phi) is 5.00. The van der Waals surface area contributed by atoms with Crippen molar-refractivity contribution < 1.29 is 14.4 Å². The van der Waals surface area contributed by atoms with E-state index in [2.05, 4.69) is 6.92 Å². The van der Waals surface area contributed by atoms with Gasteiger partial charge < -0.3 is 0 Å². The van der Waals surface area contributed by atoms with E-state index in [-0.39, 0.29) is 11.8 Å². The lowest BCUT2D eigenvalue weighted by Crippen LogP contribution is -2.37. The van der Waals surface area contributed by atoms with Crippen LogP contribution in [0.1, 0.15) is 24.1 Å². The number of aryl methyl sites for hydroxylation is 1. The molecule has 2 amide bonds. The van der Waals surface area contributed by atoms with Gasteiger partial charge >= 0.3 is 0 Å². The number of halogens is 1. The first-order chi connectivity index (χ1) is 15.1. The summed E-state index contributed by atoms with van der Waals surface area (Å²) in [6.45, 7) is 2.06. The highest BCUT2D eigenvalue weighted by Gasteiger charge is 2.60. The fourth-order valence-corrected chi connectivity index (χ4v) is 4.47. The van der Waals surface area contributed by atoms with Gasteiger partial charge in [0.2, 0.25) is 5.91 Å². The molecular formula is C25H21ClN2O3. The number of anilines is 2. The Labute approximate surface area is 185 Å². The van der Waals surface area contributed by atoms with Crippen LogP contribution >= 0.6 is 11.6 Å². The molecule has 2 fully saturated rings. The lowest BCUT2D eigenvalue weighted by Gasteiger charge is -2.28. The van der Waals surface area contributed by atoms with Crippen LogP contribution in [-0.2, 0) is 20.8 Å². The summed E-state index contributed by atoms with van der Waals surface area (Å²) in [5, 5.41) is 2.29. The molecule has 0 N–H and O–H groups in total. The summed E-state index contributed by atoms with van der Waals surface area (Å²) in [4.78, 5) is 34.2. The molecule has 3 aromatic carbocycles. The largest absolute Gasteiger partial charge is 0.273 e. The molecule has 0 radical (unpaired) electrons. The van der Waals surface area contributed by atoms with E-state index in [0.29, 0.717) is 10.7 Å². The minimum absolute atomic E-state index is 0.252. The van der Waals surface area contributed by atoms with E-state index in [1.807, 2.05) is 66.7 Å². The first-order valence-corrected chi connectivity index (χ1v) is 10.7. The number of carbonyl (C=O) groups is 2. The fourth-order valence-electron chi connectivity index (χ4n) is 4.35. The number of amides is 2. The van der Waals surface area contributed by atoms with Gasteiger partial charge in [0.15, 0.2) is 6.10 Å². The van der Waals surface area contributed by atoms with Crippen LogP contribution in [0.3, 0.4) is 0 Å². The minimum atomic E-state index is -0.876. The molecule has 0 aromatic heterocycles. The summed E-state index contributed by atoms with van der Waals surface area (Å²) in [5.74, 6) is -1.24. The lowest BCUT2D eigenvalue weighted by atomic mass is 9.90. The number of hydroxylamine groups is 1. The van der Waals surface area contributed by atoms with Crippen LogP contribution in [0.15, 0.2) is 78.9 Å². The Balaban J connectivity index is 1.56. The predicted molar refractivity (Wildman–Crippen MR) is 120 cm³/mol. The highest BCUT2D eigenvalue weighted by atomic mass is 35.5. The van der Waals surface area contributed by atoms with E-state index < -0.39 is 18.1 Å². The summed E-state index contributed by atoms with van der Waals surface area (Å²) >= 11 is 6.09. The predicted octanol–water partition coefficient (Wildman–Crippen LogP) is 4.95. The molecule has 5 nitrogen and oxygen atoms in total. The van der Waals surface area contributed by atoms with E-state index in [4.69, 9.17) is 16.4 Å². The van der Waals surface area contributed by atoms with E-state index in [1.165, 1.54) is 4.90 Å². The van der Waals surface area contributed by atoms with Gasteiger partial charge in [-0.3, -0.25) is 14.4 Å². The Morgan fingerprint density at radius 2 is 1.52 bits per heavy atom. The molecule has 2 aliphatic heterocycles. The SMILES string of the molecule is CCc1ccc(N2C(=O)[C@@H]3[C@H](ON(c4ccccc4)[C@@H]3c3ccc(Cl)cc3)C2=O)cc1. The van der Waals surface area contributed by atoms with Gasteiger partial charge in [0.1, 0.15) is 5.92 Å². The van der Waals surface area contributed by atoms with E-state index >= 15 is 0 Å². The summed E-state index contributed by atoms with van der Waals surface area (Å²) in [5.41, 5.74) is 3.38. The van der Waals surface area contributed by atoms with Gasteiger partial charge in [-0.1, -0.05) is 61.0 Å². The van der Waals surface area contributed by atoms with Gasteiger partial charge in [0, 0.05) is 5.02 Å². The van der Waals surface area contributed by atoms with Gasteiger partial charge in [0.05, 0.1) is 17.4 Å². The van der Waals surface area contributed by atoms with Crippen molar-refractivity contribution in [1.29, 1.82) is 0 Å². The number of fused-ring (bicyclic) bond motifs is 1. The van der Waals surface area contributed by atoms with Gasteiger partial charge in [-0.15, -0.1) is 0 Å². The summed E-state index contributed by atoms with van der Waals surface area (Å²) < 4.78 is 0. The topological polar surface area (TPSA) is 49.9 Å². The Hall–Kier alpha value is -3.15. The highest BCUT2D eigenvalue weighted by Crippen LogP contribution is 2.47. The molecule has 0 unspecified atom stereocenters. The molecule has 3 atom stereocenters. The lowest BCUT2D eigenvalue weighted by molar-refractivity contribution is -0.126. The second-order valence-electron chi connectivity index (χ2n) is 7.74. The van der Waals surface area contributed by atoms with Crippen LogP contribution in [0.2, 0.25) is 5.02 Å². The minimum Gasteiger partial charge on any atom is -0.273 e. The van der Waals surface area contributed by atoms with Gasteiger partial charge in [0.25, 0.3) is 5.91 Å². The van der Waals surface area contributed by atoms with Crippen molar-refractivity contribution in [3.05, 3.63) is 95.0 Å². The second kappa shape index (κ2) is 7.84. The summed E-state index contributed by atoms with van der Waals surface area (Å²) in [7, 11) is 0. The molecular weight excluding hydrogens is 412 g/mol. The molecule has 0 aliphatic carbocycles. The number of hydrogen-bond donors (Lipinski definition) is 0.